The fourth-order valence-corrected chi connectivity index (χ4v) is 3.00. The molecule has 1 aromatic rings. The molecule has 0 spiro atoms. The fraction of sp³-hybridized carbons (Fsp3) is 0.682. The maximum atomic E-state index is 5.74. The van der Waals surface area contributed by atoms with Gasteiger partial charge in [0, 0.05) is 38.8 Å². The van der Waals surface area contributed by atoms with Crippen LogP contribution in [0.4, 0.5) is 0 Å². The molecule has 6 nitrogen and oxygen atoms in total. The van der Waals surface area contributed by atoms with E-state index >= 15 is 0 Å². The van der Waals surface area contributed by atoms with Crippen LogP contribution in [0.5, 0.6) is 5.75 Å². The number of nitrogens with one attached hydrogen (secondary N) is 2. The van der Waals surface area contributed by atoms with Crippen LogP contribution in [-0.2, 0) is 15.9 Å². The summed E-state index contributed by atoms with van der Waals surface area (Å²) in [6.45, 7) is 10.7. The molecule has 1 fully saturated rings. The molecular weight excluding hydrogens is 481 g/mol. The van der Waals surface area contributed by atoms with Gasteiger partial charge in [0.1, 0.15) is 5.75 Å². The van der Waals surface area contributed by atoms with Crippen LogP contribution < -0.4 is 15.4 Å². The number of halogens is 1. The van der Waals surface area contributed by atoms with E-state index in [2.05, 4.69) is 47.7 Å². The molecule has 7 heteroatoms. The number of aliphatic imine (C=N–C) groups is 1. The Morgan fingerprint density at radius 3 is 2.90 bits per heavy atom. The molecule has 0 amide bonds. The van der Waals surface area contributed by atoms with E-state index in [1.54, 1.807) is 0 Å². The number of ether oxygens (including phenoxy) is 3. The highest BCUT2D eigenvalue weighted by Gasteiger charge is 2.15. The van der Waals surface area contributed by atoms with Gasteiger partial charge in [-0.25, -0.2) is 0 Å². The van der Waals surface area contributed by atoms with Crippen molar-refractivity contribution in [2.24, 2.45) is 10.9 Å². The van der Waals surface area contributed by atoms with E-state index in [9.17, 15) is 0 Å². The van der Waals surface area contributed by atoms with Crippen LogP contribution in [0.2, 0.25) is 0 Å². The van der Waals surface area contributed by atoms with Crippen molar-refractivity contribution >= 4 is 29.9 Å². The molecule has 1 aliphatic rings. The lowest BCUT2D eigenvalue weighted by Gasteiger charge is -2.12. The molecule has 1 aliphatic heterocycles. The summed E-state index contributed by atoms with van der Waals surface area (Å²) in [5, 5.41) is 6.71. The van der Waals surface area contributed by atoms with E-state index in [0.717, 1.165) is 90.1 Å². The van der Waals surface area contributed by atoms with Gasteiger partial charge < -0.3 is 24.8 Å². The number of rotatable bonds is 13. The van der Waals surface area contributed by atoms with Crippen LogP contribution in [0.1, 0.15) is 38.7 Å². The zero-order chi connectivity index (χ0) is 19.9. The van der Waals surface area contributed by atoms with Crippen molar-refractivity contribution in [3.05, 3.63) is 29.8 Å². The lowest BCUT2D eigenvalue weighted by atomic mass is 10.1. The van der Waals surface area contributed by atoms with Crippen LogP contribution in [0.3, 0.4) is 0 Å². The van der Waals surface area contributed by atoms with Crippen molar-refractivity contribution in [3.8, 4) is 5.75 Å². The molecule has 1 unspecified atom stereocenters. The molecule has 0 saturated carbocycles. The molecule has 1 saturated heterocycles. The van der Waals surface area contributed by atoms with Gasteiger partial charge in [-0.1, -0.05) is 19.1 Å². The Morgan fingerprint density at radius 2 is 2.14 bits per heavy atom. The van der Waals surface area contributed by atoms with Gasteiger partial charge in [-0.05, 0) is 50.3 Å². The molecule has 2 rings (SSSR count). The quantitative estimate of drug-likeness (QED) is 0.180. The lowest BCUT2D eigenvalue weighted by molar-refractivity contribution is 0.0893. The van der Waals surface area contributed by atoms with Gasteiger partial charge in [0.2, 0.25) is 0 Å². The van der Waals surface area contributed by atoms with Gasteiger partial charge in [0.25, 0.3) is 0 Å². The zero-order valence-electron chi connectivity index (χ0n) is 18.0. The van der Waals surface area contributed by atoms with E-state index < -0.39 is 0 Å². The normalized spacial score (nSPS) is 16.3. The maximum Gasteiger partial charge on any atom is 0.191 e. The predicted octanol–water partition coefficient (Wildman–Crippen LogP) is 3.63. The lowest BCUT2D eigenvalue weighted by Crippen LogP contribution is -2.38. The minimum atomic E-state index is 0. The second kappa shape index (κ2) is 16.7. The molecule has 29 heavy (non-hydrogen) atoms. The minimum absolute atomic E-state index is 0. The minimum Gasteiger partial charge on any atom is -0.494 e. The van der Waals surface area contributed by atoms with E-state index in [-0.39, 0.29) is 24.0 Å². The summed E-state index contributed by atoms with van der Waals surface area (Å²) in [5.41, 5.74) is 1.27. The van der Waals surface area contributed by atoms with E-state index in [1.165, 1.54) is 5.56 Å². The van der Waals surface area contributed by atoms with Crippen molar-refractivity contribution in [1.29, 1.82) is 0 Å². The first-order valence-electron chi connectivity index (χ1n) is 10.7. The second-order valence-electron chi connectivity index (χ2n) is 7.09. The Bertz CT molecular complexity index is 566. The Hall–Kier alpha value is -1.06. The van der Waals surface area contributed by atoms with Gasteiger partial charge in [0.05, 0.1) is 19.8 Å². The van der Waals surface area contributed by atoms with Crippen molar-refractivity contribution in [1.82, 2.24) is 10.6 Å². The number of hydrogen-bond donors (Lipinski definition) is 2. The van der Waals surface area contributed by atoms with Gasteiger partial charge in [-0.15, -0.1) is 24.0 Å². The van der Waals surface area contributed by atoms with Crippen molar-refractivity contribution in [2.75, 3.05) is 52.7 Å². The summed E-state index contributed by atoms with van der Waals surface area (Å²) in [4.78, 5) is 4.64. The van der Waals surface area contributed by atoms with Crippen LogP contribution in [0, 0.1) is 5.92 Å². The first kappa shape index (κ1) is 26.0. The van der Waals surface area contributed by atoms with Crippen LogP contribution in [0.15, 0.2) is 29.3 Å². The first-order chi connectivity index (χ1) is 13.8. The summed E-state index contributed by atoms with van der Waals surface area (Å²) >= 11 is 0. The second-order valence-corrected chi connectivity index (χ2v) is 7.09. The smallest absolute Gasteiger partial charge is 0.191 e. The summed E-state index contributed by atoms with van der Waals surface area (Å²) in [6.07, 6.45) is 4.01. The van der Waals surface area contributed by atoms with Gasteiger partial charge in [-0.2, -0.15) is 0 Å². The molecule has 166 valence electrons. The monoisotopic (exact) mass is 519 g/mol. The van der Waals surface area contributed by atoms with Crippen molar-refractivity contribution < 1.29 is 14.2 Å². The third-order valence-electron chi connectivity index (χ3n) is 4.52. The standard InChI is InChI=1S/C22H37N3O3.HI/c1-3-13-28-21-8-5-7-19(16-21)9-12-25-22(23-4-2)24-11-6-14-26-17-20-10-15-27-18-20;/h5,7-8,16,20H,3-4,6,9-15,17-18H2,1-2H3,(H2,23,24,25);1H. The number of nitrogens with zero attached hydrogens (tertiary/aromatic N) is 1. The van der Waals surface area contributed by atoms with Crippen LogP contribution in [0.25, 0.3) is 0 Å². The molecule has 0 aromatic heterocycles. The zero-order valence-corrected chi connectivity index (χ0v) is 20.3. The summed E-state index contributed by atoms with van der Waals surface area (Å²) in [5.74, 6) is 2.39. The topological polar surface area (TPSA) is 64.1 Å². The predicted molar refractivity (Wildman–Crippen MR) is 130 cm³/mol. The highest BCUT2D eigenvalue weighted by Crippen LogP contribution is 2.14. The van der Waals surface area contributed by atoms with Crippen molar-refractivity contribution in [3.63, 3.8) is 0 Å². The van der Waals surface area contributed by atoms with E-state index in [0.29, 0.717) is 5.92 Å². The first-order valence-corrected chi connectivity index (χ1v) is 10.7. The van der Waals surface area contributed by atoms with Crippen molar-refractivity contribution in [2.45, 2.75) is 39.5 Å². The fourth-order valence-electron chi connectivity index (χ4n) is 3.00. The average molecular weight is 519 g/mol. The largest absolute Gasteiger partial charge is 0.494 e. The molecule has 1 atom stereocenters. The third-order valence-corrected chi connectivity index (χ3v) is 4.52. The number of benzene rings is 1. The van der Waals surface area contributed by atoms with Crippen LogP contribution in [-0.4, -0.2) is 58.6 Å². The summed E-state index contributed by atoms with van der Waals surface area (Å²) < 4.78 is 16.8. The SMILES string of the molecule is CCCOc1cccc(CCNC(=NCCCOCC2CCOC2)NCC)c1.I. The summed E-state index contributed by atoms with van der Waals surface area (Å²) in [6, 6.07) is 8.32. The maximum absolute atomic E-state index is 5.74. The Balaban J connectivity index is 0.00000420. The molecule has 0 bridgehead atoms. The number of hydrogen-bond acceptors (Lipinski definition) is 4. The number of guanidine groups is 1. The molecule has 0 radical (unpaired) electrons. The Kier molecular flexibility index (Phi) is 15.0. The molecule has 1 heterocycles. The summed E-state index contributed by atoms with van der Waals surface area (Å²) in [7, 11) is 0. The molecule has 2 N–H and O–H groups in total. The van der Waals surface area contributed by atoms with Gasteiger partial charge >= 0.3 is 0 Å². The third kappa shape index (κ3) is 11.6. The molecule has 1 aromatic carbocycles. The Morgan fingerprint density at radius 1 is 1.24 bits per heavy atom. The highest BCUT2D eigenvalue weighted by atomic mass is 127. The van der Waals surface area contributed by atoms with Gasteiger partial charge in [0.15, 0.2) is 5.96 Å². The highest BCUT2D eigenvalue weighted by molar-refractivity contribution is 14.0. The van der Waals surface area contributed by atoms with E-state index in [1.807, 2.05) is 6.07 Å². The molecule has 0 aliphatic carbocycles. The Labute approximate surface area is 193 Å². The van der Waals surface area contributed by atoms with Gasteiger partial charge in [-0.3, -0.25) is 4.99 Å². The van der Waals surface area contributed by atoms with E-state index in [4.69, 9.17) is 14.2 Å². The van der Waals surface area contributed by atoms with Crippen LogP contribution >= 0.6 is 24.0 Å². The average Bonchev–Trinajstić information content (AvgIpc) is 3.23. The molecular formula is C22H38IN3O3.